The molecule has 1 aliphatic heterocycles. The van der Waals surface area contributed by atoms with E-state index in [0.29, 0.717) is 6.42 Å². The lowest BCUT2D eigenvalue weighted by molar-refractivity contribution is -0.117. The molecule has 0 aliphatic carbocycles. The van der Waals surface area contributed by atoms with Gasteiger partial charge < -0.3 is 10.0 Å². The van der Waals surface area contributed by atoms with Crippen LogP contribution in [0.1, 0.15) is 12.8 Å². The molecular formula is C12H15NO2. The van der Waals surface area contributed by atoms with Crippen molar-refractivity contribution in [3.8, 4) is 0 Å². The van der Waals surface area contributed by atoms with Crippen LogP contribution in [0.2, 0.25) is 0 Å². The molecule has 0 unspecified atom stereocenters. The summed E-state index contributed by atoms with van der Waals surface area (Å²) in [5.41, 5.74) is 1.03. The third kappa shape index (κ3) is 3.13. The molecule has 2 rings (SSSR count). The fraction of sp³-hybridized carbons (Fsp3) is 0.250. The van der Waals surface area contributed by atoms with Gasteiger partial charge in [-0.1, -0.05) is 24.8 Å². The number of anilines is 1. The first-order valence-corrected chi connectivity index (χ1v) is 4.90. The molecule has 0 bridgehead atoms. The number of hydrogen-bond acceptors (Lipinski definition) is 2. The van der Waals surface area contributed by atoms with Crippen LogP contribution in [-0.4, -0.2) is 17.6 Å². The Balaban J connectivity index is 0.000000337. The predicted octanol–water partition coefficient (Wildman–Crippen LogP) is 2.50. The third-order valence-electron chi connectivity index (χ3n) is 2.14. The minimum atomic E-state index is 0.251. The van der Waals surface area contributed by atoms with Crippen molar-refractivity contribution in [2.45, 2.75) is 12.8 Å². The van der Waals surface area contributed by atoms with E-state index in [0.717, 1.165) is 24.9 Å². The molecule has 3 nitrogen and oxygen atoms in total. The molecule has 1 fully saturated rings. The van der Waals surface area contributed by atoms with Crippen molar-refractivity contribution in [2.24, 2.45) is 0 Å². The van der Waals surface area contributed by atoms with Crippen LogP contribution in [0.15, 0.2) is 43.2 Å². The fourth-order valence-electron chi connectivity index (χ4n) is 1.53. The summed E-state index contributed by atoms with van der Waals surface area (Å²) in [6.07, 6.45) is 2.45. The molecule has 80 valence electrons. The van der Waals surface area contributed by atoms with Crippen molar-refractivity contribution in [1.82, 2.24) is 0 Å². The first kappa shape index (κ1) is 11.3. The summed E-state index contributed by atoms with van der Waals surface area (Å²) in [5.74, 6) is 0.251. The van der Waals surface area contributed by atoms with Crippen molar-refractivity contribution in [2.75, 3.05) is 11.4 Å². The van der Waals surface area contributed by atoms with Gasteiger partial charge >= 0.3 is 0 Å². The average molecular weight is 205 g/mol. The molecule has 3 heteroatoms. The Morgan fingerprint density at radius 3 is 2.40 bits per heavy atom. The van der Waals surface area contributed by atoms with E-state index >= 15 is 0 Å². The second-order valence-electron chi connectivity index (χ2n) is 3.17. The highest BCUT2D eigenvalue weighted by atomic mass is 16.2. The van der Waals surface area contributed by atoms with Gasteiger partial charge in [-0.05, 0) is 18.6 Å². The van der Waals surface area contributed by atoms with Gasteiger partial charge in [-0.2, -0.15) is 0 Å². The maximum atomic E-state index is 11.3. The zero-order valence-corrected chi connectivity index (χ0v) is 8.60. The lowest BCUT2D eigenvalue weighted by atomic mass is 10.3. The Morgan fingerprint density at radius 2 is 1.93 bits per heavy atom. The summed E-state index contributed by atoms with van der Waals surface area (Å²) < 4.78 is 0. The van der Waals surface area contributed by atoms with Crippen molar-refractivity contribution >= 4 is 11.6 Å². The van der Waals surface area contributed by atoms with Gasteiger partial charge in [-0.3, -0.25) is 4.79 Å². The molecule has 1 amide bonds. The van der Waals surface area contributed by atoms with Crippen LogP contribution < -0.4 is 4.90 Å². The Hall–Kier alpha value is -1.77. The van der Waals surface area contributed by atoms with Gasteiger partial charge in [-0.25, -0.2) is 0 Å². The minimum Gasteiger partial charge on any atom is -0.516 e. The SMILES string of the molecule is C=CO.O=C1CCCN1c1ccccc1. The van der Waals surface area contributed by atoms with E-state index in [1.807, 2.05) is 35.2 Å². The minimum absolute atomic E-state index is 0.251. The molecule has 1 heterocycles. The standard InChI is InChI=1S/C10H11NO.C2H4O/c12-10-7-4-8-11(10)9-5-2-1-3-6-9;1-2-3/h1-3,5-6H,4,7-8H2;2-3H,1H2. The smallest absolute Gasteiger partial charge is 0.227 e. The van der Waals surface area contributed by atoms with Gasteiger partial charge in [0.25, 0.3) is 0 Å². The van der Waals surface area contributed by atoms with Gasteiger partial charge in [-0.15, -0.1) is 0 Å². The van der Waals surface area contributed by atoms with Crippen LogP contribution in [0.4, 0.5) is 5.69 Å². The van der Waals surface area contributed by atoms with E-state index in [-0.39, 0.29) is 5.91 Å². The number of carbonyl (C=O) groups is 1. The number of aliphatic hydroxyl groups excluding tert-OH is 1. The molecule has 0 saturated carbocycles. The van der Waals surface area contributed by atoms with Crippen LogP contribution >= 0.6 is 0 Å². The van der Waals surface area contributed by atoms with Gasteiger partial charge in [0, 0.05) is 18.7 Å². The Bertz CT molecular complexity index is 322. The zero-order chi connectivity index (χ0) is 11.1. The molecule has 0 atom stereocenters. The molecule has 0 spiro atoms. The number of aliphatic hydroxyl groups is 1. The molecule has 0 radical (unpaired) electrons. The van der Waals surface area contributed by atoms with E-state index < -0.39 is 0 Å². The summed E-state index contributed by atoms with van der Waals surface area (Å²) in [6, 6.07) is 9.83. The average Bonchev–Trinajstić information content (AvgIpc) is 2.67. The molecule has 15 heavy (non-hydrogen) atoms. The second kappa shape index (κ2) is 5.86. The lowest BCUT2D eigenvalue weighted by Crippen LogP contribution is -2.23. The zero-order valence-electron chi connectivity index (χ0n) is 8.60. The number of amides is 1. The first-order valence-electron chi connectivity index (χ1n) is 4.90. The number of carbonyl (C=O) groups excluding carboxylic acids is 1. The van der Waals surface area contributed by atoms with Gasteiger partial charge in [0.15, 0.2) is 0 Å². The Labute approximate surface area is 89.6 Å². The molecule has 1 N–H and O–H groups in total. The predicted molar refractivity (Wildman–Crippen MR) is 60.9 cm³/mol. The Morgan fingerprint density at radius 1 is 1.33 bits per heavy atom. The summed E-state index contributed by atoms with van der Waals surface area (Å²) in [7, 11) is 0. The van der Waals surface area contributed by atoms with Crippen LogP contribution in [0.5, 0.6) is 0 Å². The number of rotatable bonds is 1. The van der Waals surface area contributed by atoms with Gasteiger partial charge in [0.05, 0.1) is 6.26 Å². The number of hydrogen-bond donors (Lipinski definition) is 1. The van der Waals surface area contributed by atoms with Crippen molar-refractivity contribution in [3.05, 3.63) is 43.2 Å². The maximum absolute atomic E-state index is 11.3. The largest absolute Gasteiger partial charge is 0.516 e. The molecular weight excluding hydrogens is 190 g/mol. The summed E-state index contributed by atoms with van der Waals surface area (Å²) >= 11 is 0. The van der Waals surface area contributed by atoms with E-state index in [1.54, 1.807) is 0 Å². The van der Waals surface area contributed by atoms with Crippen molar-refractivity contribution in [3.63, 3.8) is 0 Å². The highest BCUT2D eigenvalue weighted by Crippen LogP contribution is 2.19. The van der Waals surface area contributed by atoms with Gasteiger partial charge in [0.2, 0.25) is 5.91 Å². The monoisotopic (exact) mass is 205 g/mol. The molecule has 1 aliphatic rings. The molecule has 0 aromatic heterocycles. The molecule has 1 aromatic rings. The van der Waals surface area contributed by atoms with Crippen LogP contribution in [0, 0.1) is 0 Å². The van der Waals surface area contributed by atoms with E-state index in [2.05, 4.69) is 6.58 Å². The molecule has 1 saturated heterocycles. The highest BCUT2D eigenvalue weighted by molar-refractivity contribution is 5.95. The normalized spacial score (nSPS) is 14.4. The van der Waals surface area contributed by atoms with Crippen LogP contribution in [-0.2, 0) is 4.79 Å². The topological polar surface area (TPSA) is 40.5 Å². The van der Waals surface area contributed by atoms with Crippen molar-refractivity contribution < 1.29 is 9.90 Å². The molecule has 1 aromatic carbocycles. The number of para-hydroxylation sites is 1. The van der Waals surface area contributed by atoms with E-state index in [1.165, 1.54) is 0 Å². The van der Waals surface area contributed by atoms with Gasteiger partial charge in [0.1, 0.15) is 0 Å². The lowest BCUT2D eigenvalue weighted by Gasteiger charge is -2.14. The first-order chi connectivity index (χ1) is 7.29. The summed E-state index contributed by atoms with van der Waals surface area (Å²) in [6.45, 7) is 3.79. The number of benzene rings is 1. The summed E-state index contributed by atoms with van der Waals surface area (Å²) in [4.78, 5) is 13.1. The van der Waals surface area contributed by atoms with Crippen LogP contribution in [0.3, 0.4) is 0 Å². The third-order valence-corrected chi connectivity index (χ3v) is 2.14. The summed E-state index contributed by atoms with van der Waals surface area (Å²) in [5, 5.41) is 7.33. The van der Waals surface area contributed by atoms with Crippen molar-refractivity contribution in [1.29, 1.82) is 0 Å². The second-order valence-corrected chi connectivity index (χ2v) is 3.17. The van der Waals surface area contributed by atoms with Crippen LogP contribution in [0.25, 0.3) is 0 Å². The fourth-order valence-corrected chi connectivity index (χ4v) is 1.53. The Kier molecular flexibility index (Phi) is 4.41. The maximum Gasteiger partial charge on any atom is 0.227 e. The van der Waals surface area contributed by atoms with E-state index in [4.69, 9.17) is 5.11 Å². The quantitative estimate of drug-likeness (QED) is 0.715. The van der Waals surface area contributed by atoms with E-state index in [9.17, 15) is 4.79 Å². The number of nitrogens with zero attached hydrogens (tertiary/aromatic N) is 1. The highest BCUT2D eigenvalue weighted by Gasteiger charge is 2.20.